The lowest BCUT2D eigenvalue weighted by molar-refractivity contribution is -0.120. The molecule has 2 aromatic carbocycles. The van der Waals surface area contributed by atoms with E-state index in [9.17, 15) is 18.4 Å². The first-order valence-electron chi connectivity index (χ1n) is 8.81. The van der Waals surface area contributed by atoms with Gasteiger partial charge in [0.15, 0.2) is 5.82 Å². The summed E-state index contributed by atoms with van der Waals surface area (Å²) >= 11 is 6.34. The third kappa shape index (κ3) is 4.00. The first-order valence-corrected chi connectivity index (χ1v) is 9.19. The molecule has 10 heteroatoms. The fourth-order valence-electron chi connectivity index (χ4n) is 3.16. The number of hydrogen-bond acceptors (Lipinski definition) is 4. The van der Waals surface area contributed by atoms with Gasteiger partial charge in [-0.05, 0) is 36.4 Å². The molecule has 0 atom stereocenters. The first-order chi connectivity index (χ1) is 13.9. The molecule has 1 aromatic heterocycles. The van der Waals surface area contributed by atoms with Crippen molar-refractivity contribution in [2.24, 2.45) is 0 Å². The molecule has 1 aliphatic rings. The maximum Gasteiger partial charge on any atom is 0.295 e. The average molecular weight is 420 g/mol. The molecule has 29 heavy (non-hydrogen) atoms. The fraction of sp³-hybridized carbons (Fsp3) is 0.211. The Morgan fingerprint density at radius 1 is 1.24 bits per heavy atom. The van der Waals surface area contributed by atoms with Crippen LogP contribution in [-0.2, 0) is 4.79 Å². The number of rotatable bonds is 4. The summed E-state index contributed by atoms with van der Waals surface area (Å²) in [6.07, 6.45) is -2.72. The van der Waals surface area contributed by atoms with E-state index in [1.165, 1.54) is 18.2 Å². The Kier molecular flexibility index (Phi) is 5.06. The summed E-state index contributed by atoms with van der Waals surface area (Å²) in [5.74, 6) is -0.929. The quantitative estimate of drug-likeness (QED) is 0.605. The van der Waals surface area contributed by atoms with Crippen LogP contribution in [0.5, 0.6) is 0 Å². The van der Waals surface area contributed by atoms with E-state index in [1.54, 1.807) is 18.2 Å². The first kappa shape index (κ1) is 19.1. The van der Waals surface area contributed by atoms with Crippen molar-refractivity contribution in [1.29, 1.82) is 0 Å². The summed E-state index contributed by atoms with van der Waals surface area (Å²) in [6, 6.07) is 9.51. The number of hydrogen-bond donors (Lipinski definition) is 3. The monoisotopic (exact) mass is 419 g/mol. The number of anilines is 2. The molecule has 0 bridgehead atoms. The zero-order valence-electron chi connectivity index (χ0n) is 15.0. The minimum absolute atomic E-state index is 0.0751. The van der Waals surface area contributed by atoms with Crippen LogP contribution in [0.2, 0.25) is 5.02 Å². The lowest BCUT2D eigenvalue weighted by atomic mass is 10.1. The summed E-state index contributed by atoms with van der Waals surface area (Å²) < 4.78 is 25.5. The predicted molar refractivity (Wildman–Crippen MR) is 106 cm³/mol. The normalized spacial score (nSPS) is 14.3. The van der Waals surface area contributed by atoms with Crippen molar-refractivity contribution >= 4 is 45.8 Å². The maximum absolute atomic E-state index is 12.8. The van der Waals surface area contributed by atoms with Gasteiger partial charge in [-0.2, -0.15) is 0 Å². The van der Waals surface area contributed by atoms with Gasteiger partial charge in [-0.1, -0.05) is 11.6 Å². The van der Waals surface area contributed by atoms with Gasteiger partial charge >= 0.3 is 0 Å². The third-order valence-electron chi connectivity index (χ3n) is 4.55. The third-order valence-corrected chi connectivity index (χ3v) is 4.86. The van der Waals surface area contributed by atoms with E-state index in [1.807, 2.05) is 4.90 Å². The van der Waals surface area contributed by atoms with Gasteiger partial charge in [0.05, 0.1) is 28.3 Å². The number of fused-ring (bicyclic) bond motifs is 1. The smallest absolute Gasteiger partial charge is 0.295 e. The Morgan fingerprint density at radius 2 is 2.07 bits per heavy atom. The molecule has 3 aromatic rings. The van der Waals surface area contributed by atoms with Crippen molar-refractivity contribution in [2.75, 3.05) is 29.9 Å². The number of nitrogens with one attached hydrogen (secondary N) is 3. The minimum Gasteiger partial charge on any atom is -0.359 e. The highest BCUT2D eigenvalue weighted by atomic mass is 35.5. The molecule has 150 valence electrons. The Hall–Kier alpha value is -3.20. The number of H-pyrrole nitrogens is 1. The number of piperazine rings is 1. The second-order valence-corrected chi connectivity index (χ2v) is 6.95. The van der Waals surface area contributed by atoms with Crippen LogP contribution in [0.1, 0.15) is 22.6 Å². The summed E-state index contributed by atoms with van der Waals surface area (Å²) in [6.45, 7) is 1.40. The maximum atomic E-state index is 12.8. The van der Waals surface area contributed by atoms with Crippen LogP contribution in [0, 0.1) is 0 Å². The molecule has 0 unspecified atom stereocenters. The molecule has 1 saturated heterocycles. The van der Waals surface area contributed by atoms with Crippen LogP contribution in [0.15, 0.2) is 36.4 Å². The van der Waals surface area contributed by atoms with Gasteiger partial charge in [-0.3, -0.25) is 9.59 Å². The van der Waals surface area contributed by atoms with Gasteiger partial charge in [0.25, 0.3) is 12.3 Å². The largest absolute Gasteiger partial charge is 0.359 e. The molecule has 2 heterocycles. The zero-order chi connectivity index (χ0) is 20.5. The Bertz CT molecular complexity index is 1100. The molecule has 4 rings (SSSR count). The minimum atomic E-state index is -2.72. The molecule has 0 spiro atoms. The Labute approximate surface area is 169 Å². The van der Waals surface area contributed by atoms with Crippen LogP contribution >= 0.6 is 11.6 Å². The SMILES string of the molecule is O=C1CN(c2ccc(NC(=O)c3ccc4nc(C(F)F)[nH]c4c3)cc2Cl)CCN1. The lowest BCUT2D eigenvalue weighted by Crippen LogP contribution is -2.47. The summed E-state index contributed by atoms with van der Waals surface area (Å²) in [5, 5.41) is 5.88. The van der Waals surface area contributed by atoms with Gasteiger partial charge in [0.1, 0.15) is 0 Å². The summed E-state index contributed by atoms with van der Waals surface area (Å²) in [5.41, 5.74) is 2.18. The van der Waals surface area contributed by atoms with E-state index in [0.717, 1.165) is 0 Å². The second-order valence-electron chi connectivity index (χ2n) is 6.55. The number of carbonyl (C=O) groups is 2. The van der Waals surface area contributed by atoms with Crippen LogP contribution < -0.4 is 15.5 Å². The lowest BCUT2D eigenvalue weighted by Gasteiger charge is -2.29. The van der Waals surface area contributed by atoms with Crippen molar-refractivity contribution in [2.45, 2.75) is 6.43 Å². The van der Waals surface area contributed by atoms with Gasteiger partial charge in [-0.25, -0.2) is 13.8 Å². The number of nitrogens with zero attached hydrogens (tertiary/aromatic N) is 2. The Balaban J connectivity index is 1.51. The van der Waals surface area contributed by atoms with E-state index < -0.39 is 18.2 Å². The highest BCUT2D eigenvalue weighted by molar-refractivity contribution is 6.33. The zero-order valence-corrected chi connectivity index (χ0v) is 15.8. The highest BCUT2D eigenvalue weighted by Crippen LogP contribution is 2.29. The Morgan fingerprint density at radius 3 is 2.79 bits per heavy atom. The number of halogens is 3. The topological polar surface area (TPSA) is 90.1 Å². The molecule has 1 fully saturated rings. The van der Waals surface area contributed by atoms with E-state index >= 15 is 0 Å². The standard InChI is InChI=1S/C19H16ClF2N5O2/c20-12-8-11(2-4-15(12)27-6-5-23-16(28)9-27)24-19(29)10-1-3-13-14(7-10)26-18(25-13)17(21)22/h1-4,7-8,17H,5-6,9H2,(H,23,28)(H,24,29)(H,25,26). The van der Waals surface area contributed by atoms with Crippen LogP contribution in [0.3, 0.4) is 0 Å². The molecule has 0 aliphatic carbocycles. The molecule has 2 amide bonds. The molecular formula is C19H16ClF2N5O2. The van der Waals surface area contributed by atoms with Crippen molar-refractivity contribution in [3.63, 3.8) is 0 Å². The van der Waals surface area contributed by atoms with E-state index in [2.05, 4.69) is 20.6 Å². The van der Waals surface area contributed by atoms with Crippen LogP contribution in [0.4, 0.5) is 20.2 Å². The number of aromatic nitrogens is 2. The summed E-state index contributed by atoms with van der Waals surface area (Å²) in [4.78, 5) is 32.2. The van der Waals surface area contributed by atoms with Gasteiger partial charge in [0.2, 0.25) is 5.91 Å². The number of carbonyl (C=O) groups excluding carboxylic acids is 2. The summed E-state index contributed by atoms with van der Waals surface area (Å²) in [7, 11) is 0. The molecule has 3 N–H and O–H groups in total. The van der Waals surface area contributed by atoms with Crippen molar-refractivity contribution in [3.05, 3.63) is 52.8 Å². The number of aromatic amines is 1. The molecular weight excluding hydrogens is 404 g/mol. The number of alkyl halides is 2. The fourth-order valence-corrected chi connectivity index (χ4v) is 3.46. The molecule has 7 nitrogen and oxygen atoms in total. The van der Waals surface area contributed by atoms with Gasteiger partial charge in [0, 0.05) is 24.3 Å². The van der Waals surface area contributed by atoms with Gasteiger partial charge < -0.3 is 20.5 Å². The number of amides is 2. The molecule has 1 aliphatic heterocycles. The van der Waals surface area contributed by atoms with E-state index in [-0.39, 0.29) is 18.0 Å². The second kappa shape index (κ2) is 7.67. The van der Waals surface area contributed by atoms with Gasteiger partial charge in [-0.15, -0.1) is 0 Å². The van der Waals surface area contributed by atoms with Crippen molar-refractivity contribution in [3.8, 4) is 0 Å². The van der Waals surface area contributed by atoms with Crippen molar-refractivity contribution < 1.29 is 18.4 Å². The van der Waals surface area contributed by atoms with Crippen LogP contribution in [0.25, 0.3) is 11.0 Å². The van der Waals surface area contributed by atoms with E-state index in [0.29, 0.717) is 40.5 Å². The number of imidazole rings is 1. The predicted octanol–water partition coefficient (Wildman–Crippen LogP) is 3.34. The molecule has 0 radical (unpaired) electrons. The number of benzene rings is 2. The van der Waals surface area contributed by atoms with E-state index in [4.69, 9.17) is 11.6 Å². The average Bonchev–Trinajstić information content (AvgIpc) is 3.12. The van der Waals surface area contributed by atoms with Crippen LogP contribution in [-0.4, -0.2) is 41.4 Å². The molecule has 0 saturated carbocycles. The van der Waals surface area contributed by atoms with Crippen molar-refractivity contribution in [1.82, 2.24) is 15.3 Å². The highest BCUT2D eigenvalue weighted by Gasteiger charge is 2.19.